The Morgan fingerprint density at radius 2 is 2.41 bits per heavy atom. The molecular formula is C12H19ClN2OS. The van der Waals surface area contributed by atoms with Crippen molar-refractivity contribution in [3.63, 3.8) is 0 Å². The van der Waals surface area contributed by atoms with Crippen molar-refractivity contribution in [3.05, 3.63) is 21.3 Å². The summed E-state index contributed by atoms with van der Waals surface area (Å²) >= 11 is 7.59. The van der Waals surface area contributed by atoms with E-state index < -0.39 is 0 Å². The van der Waals surface area contributed by atoms with Gasteiger partial charge in [-0.1, -0.05) is 11.6 Å². The van der Waals surface area contributed by atoms with Crippen LogP contribution in [0.3, 0.4) is 0 Å². The molecule has 3 nitrogen and oxygen atoms in total. The van der Waals surface area contributed by atoms with Crippen LogP contribution >= 0.6 is 22.9 Å². The minimum Gasteiger partial charge on any atom is -0.396 e. The van der Waals surface area contributed by atoms with E-state index in [9.17, 15) is 0 Å². The monoisotopic (exact) mass is 274 g/mol. The summed E-state index contributed by atoms with van der Waals surface area (Å²) in [6.07, 6.45) is 2.06. The fourth-order valence-corrected chi connectivity index (χ4v) is 3.73. The average Bonchev–Trinajstić information content (AvgIpc) is 2.91. The van der Waals surface area contributed by atoms with Crippen molar-refractivity contribution < 1.29 is 5.11 Å². The second kappa shape index (κ2) is 6.16. The molecule has 2 atom stereocenters. The average molecular weight is 275 g/mol. The van der Waals surface area contributed by atoms with Crippen LogP contribution in [0.25, 0.3) is 0 Å². The van der Waals surface area contributed by atoms with Crippen LogP contribution in [0.1, 0.15) is 23.8 Å². The zero-order chi connectivity index (χ0) is 12.3. The third-order valence-corrected chi connectivity index (χ3v) is 4.77. The molecule has 5 heteroatoms. The van der Waals surface area contributed by atoms with Gasteiger partial charge in [0.25, 0.3) is 0 Å². The summed E-state index contributed by atoms with van der Waals surface area (Å²) < 4.78 is 0.824. The predicted octanol–water partition coefficient (Wildman–Crippen LogP) is 2.11. The summed E-state index contributed by atoms with van der Waals surface area (Å²) in [6, 6.07) is 4.30. The lowest BCUT2D eigenvalue weighted by molar-refractivity contribution is 0.225. The Kier molecular flexibility index (Phi) is 4.82. The number of aliphatic hydroxyl groups is 1. The number of halogens is 1. The molecule has 1 fully saturated rings. The fraction of sp³-hybridized carbons (Fsp3) is 0.667. The Morgan fingerprint density at radius 1 is 1.59 bits per heavy atom. The molecule has 1 saturated heterocycles. The third kappa shape index (κ3) is 3.20. The molecule has 3 N–H and O–H groups in total. The number of rotatable bonds is 5. The molecule has 0 amide bonds. The van der Waals surface area contributed by atoms with Gasteiger partial charge in [-0.25, -0.2) is 0 Å². The normalized spacial score (nSPS) is 23.1. The molecule has 17 heavy (non-hydrogen) atoms. The SMILES string of the molecule is NCC(c1ccc(Cl)s1)N1CCC(CCO)C1. The second-order valence-electron chi connectivity index (χ2n) is 4.56. The topological polar surface area (TPSA) is 49.5 Å². The van der Waals surface area contributed by atoms with E-state index in [0.29, 0.717) is 12.5 Å². The first-order chi connectivity index (χ1) is 8.24. The van der Waals surface area contributed by atoms with Gasteiger partial charge in [-0.2, -0.15) is 0 Å². The summed E-state index contributed by atoms with van der Waals surface area (Å²) in [6.45, 7) is 3.03. The van der Waals surface area contributed by atoms with Crippen LogP contribution in [0.15, 0.2) is 12.1 Å². The van der Waals surface area contributed by atoms with Gasteiger partial charge in [-0.05, 0) is 37.4 Å². The van der Waals surface area contributed by atoms with Crippen LogP contribution in [0.2, 0.25) is 4.34 Å². The van der Waals surface area contributed by atoms with E-state index in [1.165, 1.54) is 4.88 Å². The molecule has 0 spiro atoms. The Morgan fingerprint density at radius 3 is 3.00 bits per heavy atom. The lowest BCUT2D eigenvalue weighted by Crippen LogP contribution is -2.31. The molecule has 1 aliphatic heterocycles. The van der Waals surface area contributed by atoms with Gasteiger partial charge >= 0.3 is 0 Å². The third-order valence-electron chi connectivity index (χ3n) is 3.44. The van der Waals surface area contributed by atoms with Crippen molar-refractivity contribution in [2.24, 2.45) is 11.7 Å². The van der Waals surface area contributed by atoms with Crippen molar-refractivity contribution in [1.29, 1.82) is 0 Å². The number of hydrogen-bond donors (Lipinski definition) is 2. The minimum absolute atomic E-state index is 0.288. The van der Waals surface area contributed by atoms with E-state index >= 15 is 0 Å². The quantitative estimate of drug-likeness (QED) is 0.865. The number of thiophene rings is 1. The van der Waals surface area contributed by atoms with E-state index in [2.05, 4.69) is 11.0 Å². The fourth-order valence-electron chi connectivity index (χ4n) is 2.52. The molecule has 0 bridgehead atoms. The van der Waals surface area contributed by atoms with E-state index in [1.54, 1.807) is 11.3 Å². The van der Waals surface area contributed by atoms with Gasteiger partial charge in [0.15, 0.2) is 0 Å². The lowest BCUT2D eigenvalue weighted by atomic mass is 10.1. The van der Waals surface area contributed by atoms with Crippen molar-refractivity contribution in [2.45, 2.75) is 18.9 Å². The van der Waals surface area contributed by atoms with Crippen molar-refractivity contribution in [1.82, 2.24) is 4.90 Å². The molecule has 0 aromatic carbocycles. The predicted molar refractivity (Wildman–Crippen MR) is 72.5 cm³/mol. The van der Waals surface area contributed by atoms with Crippen molar-refractivity contribution >= 4 is 22.9 Å². The number of nitrogens with two attached hydrogens (primary N) is 1. The molecular weight excluding hydrogens is 256 g/mol. The van der Waals surface area contributed by atoms with Crippen LogP contribution < -0.4 is 5.73 Å². The van der Waals surface area contributed by atoms with Gasteiger partial charge in [0.2, 0.25) is 0 Å². The van der Waals surface area contributed by atoms with Crippen molar-refractivity contribution in [2.75, 3.05) is 26.2 Å². The molecule has 1 aromatic rings. The summed E-state index contributed by atoms with van der Waals surface area (Å²) in [4.78, 5) is 3.67. The van der Waals surface area contributed by atoms with Crippen LogP contribution in [-0.2, 0) is 0 Å². The highest BCUT2D eigenvalue weighted by Gasteiger charge is 2.28. The number of nitrogens with zero attached hydrogens (tertiary/aromatic N) is 1. The van der Waals surface area contributed by atoms with Crippen molar-refractivity contribution in [3.8, 4) is 0 Å². The number of aliphatic hydroxyl groups excluding tert-OH is 1. The van der Waals surface area contributed by atoms with E-state index in [0.717, 1.165) is 30.3 Å². The Balaban J connectivity index is 2.00. The van der Waals surface area contributed by atoms with Crippen LogP contribution in [0.4, 0.5) is 0 Å². The molecule has 0 radical (unpaired) electrons. The lowest BCUT2D eigenvalue weighted by Gasteiger charge is -2.25. The molecule has 1 aromatic heterocycles. The smallest absolute Gasteiger partial charge is 0.0931 e. The van der Waals surface area contributed by atoms with Gasteiger partial charge in [-0.15, -0.1) is 11.3 Å². The largest absolute Gasteiger partial charge is 0.396 e. The Bertz CT molecular complexity index is 358. The van der Waals surface area contributed by atoms with Crippen LogP contribution in [-0.4, -0.2) is 36.2 Å². The van der Waals surface area contributed by atoms with Gasteiger partial charge in [0.1, 0.15) is 0 Å². The first kappa shape index (κ1) is 13.3. The zero-order valence-corrected chi connectivity index (χ0v) is 11.4. The summed E-state index contributed by atoms with van der Waals surface area (Å²) in [5, 5.41) is 8.97. The molecule has 96 valence electrons. The molecule has 2 unspecified atom stereocenters. The standard InChI is InChI=1S/C12H19ClN2OS/c13-12-2-1-11(17-12)10(7-14)15-5-3-9(8-15)4-6-16/h1-2,9-10,16H,3-8,14H2. The maximum Gasteiger partial charge on any atom is 0.0931 e. The first-order valence-electron chi connectivity index (χ1n) is 6.04. The van der Waals surface area contributed by atoms with E-state index in [4.69, 9.17) is 22.4 Å². The summed E-state index contributed by atoms with van der Waals surface area (Å²) in [7, 11) is 0. The second-order valence-corrected chi connectivity index (χ2v) is 6.30. The molecule has 2 heterocycles. The highest BCUT2D eigenvalue weighted by atomic mass is 35.5. The highest BCUT2D eigenvalue weighted by molar-refractivity contribution is 7.16. The number of likely N-dealkylation sites (tertiary alicyclic amines) is 1. The van der Waals surface area contributed by atoms with Gasteiger partial charge in [0, 0.05) is 24.6 Å². The minimum atomic E-state index is 0.288. The molecule has 2 rings (SSSR count). The summed E-state index contributed by atoms with van der Waals surface area (Å²) in [5.74, 6) is 0.615. The highest BCUT2D eigenvalue weighted by Crippen LogP contribution is 2.33. The van der Waals surface area contributed by atoms with Crippen LogP contribution in [0.5, 0.6) is 0 Å². The number of hydrogen-bond acceptors (Lipinski definition) is 4. The molecule has 0 aliphatic carbocycles. The Hall–Kier alpha value is -0.130. The molecule has 1 aliphatic rings. The first-order valence-corrected chi connectivity index (χ1v) is 7.24. The van der Waals surface area contributed by atoms with E-state index in [1.807, 2.05) is 6.07 Å². The summed E-state index contributed by atoms with van der Waals surface area (Å²) in [5.41, 5.74) is 5.89. The Labute approximate surface area is 111 Å². The van der Waals surface area contributed by atoms with Gasteiger partial charge < -0.3 is 10.8 Å². The van der Waals surface area contributed by atoms with Crippen LogP contribution in [0, 0.1) is 5.92 Å². The maximum atomic E-state index is 8.97. The zero-order valence-electron chi connectivity index (χ0n) is 9.81. The van der Waals surface area contributed by atoms with E-state index in [-0.39, 0.29) is 12.6 Å². The van der Waals surface area contributed by atoms with Gasteiger partial charge in [0.05, 0.1) is 10.4 Å². The maximum absolute atomic E-state index is 8.97. The van der Waals surface area contributed by atoms with Gasteiger partial charge in [-0.3, -0.25) is 4.90 Å². The molecule has 0 saturated carbocycles.